The number of anilines is 1. The van der Waals surface area contributed by atoms with Crippen LogP contribution in [0.2, 0.25) is 0 Å². The molecular formula is C13H16F4N2O. The Labute approximate surface area is 114 Å². The molecule has 0 aliphatic carbocycles. The number of halogens is 4. The molecule has 112 valence electrons. The van der Waals surface area contributed by atoms with Crippen LogP contribution in [0.25, 0.3) is 0 Å². The third-order valence-corrected chi connectivity index (χ3v) is 2.93. The van der Waals surface area contributed by atoms with E-state index in [-0.39, 0.29) is 18.2 Å². The topological polar surface area (TPSA) is 55.1 Å². The van der Waals surface area contributed by atoms with E-state index in [1.54, 1.807) is 13.8 Å². The van der Waals surface area contributed by atoms with Crippen molar-refractivity contribution in [1.29, 1.82) is 0 Å². The average Bonchev–Trinajstić information content (AvgIpc) is 2.30. The molecule has 1 aromatic rings. The normalized spacial score (nSPS) is 13.4. The molecule has 0 fully saturated rings. The highest BCUT2D eigenvalue weighted by molar-refractivity contribution is 5.92. The minimum Gasteiger partial charge on any atom is -0.330 e. The van der Waals surface area contributed by atoms with E-state index >= 15 is 0 Å². The van der Waals surface area contributed by atoms with Crippen LogP contribution < -0.4 is 11.1 Å². The summed E-state index contributed by atoms with van der Waals surface area (Å²) in [4.78, 5) is 11.9. The second-order valence-electron chi connectivity index (χ2n) is 4.77. The molecular weight excluding hydrogens is 276 g/mol. The van der Waals surface area contributed by atoms with E-state index in [0.29, 0.717) is 12.1 Å². The molecule has 3 nitrogen and oxygen atoms in total. The lowest BCUT2D eigenvalue weighted by Gasteiger charge is -2.18. The van der Waals surface area contributed by atoms with Crippen LogP contribution >= 0.6 is 0 Å². The van der Waals surface area contributed by atoms with E-state index in [1.807, 2.05) is 0 Å². The molecule has 1 aromatic carbocycles. The van der Waals surface area contributed by atoms with Gasteiger partial charge in [0.2, 0.25) is 5.91 Å². The zero-order chi connectivity index (χ0) is 15.5. The first-order valence-electron chi connectivity index (χ1n) is 6.04. The summed E-state index contributed by atoms with van der Waals surface area (Å²) in [7, 11) is 0. The van der Waals surface area contributed by atoms with Crippen molar-refractivity contribution in [3.05, 3.63) is 29.6 Å². The van der Waals surface area contributed by atoms with Crippen LogP contribution in [0.1, 0.15) is 19.4 Å². The Morgan fingerprint density at radius 1 is 1.35 bits per heavy atom. The van der Waals surface area contributed by atoms with Crippen LogP contribution in [0.5, 0.6) is 0 Å². The Balaban J connectivity index is 2.97. The molecule has 20 heavy (non-hydrogen) atoms. The van der Waals surface area contributed by atoms with Crippen molar-refractivity contribution in [3.8, 4) is 0 Å². The largest absolute Gasteiger partial charge is 0.419 e. The Hall–Kier alpha value is -1.63. The van der Waals surface area contributed by atoms with Crippen LogP contribution in [0.4, 0.5) is 23.2 Å². The lowest BCUT2D eigenvalue weighted by atomic mass is 9.95. The predicted octanol–water partition coefficient (Wildman–Crippen LogP) is 3.01. The fourth-order valence-corrected chi connectivity index (χ4v) is 1.74. The number of carbonyl (C=O) groups is 1. The highest BCUT2D eigenvalue weighted by atomic mass is 19.4. The van der Waals surface area contributed by atoms with Crippen molar-refractivity contribution in [2.75, 3.05) is 11.9 Å². The molecule has 1 atom stereocenters. The van der Waals surface area contributed by atoms with Crippen LogP contribution in [0.3, 0.4) is 0 Å². The second kappa shape index (κ2) is 6.21. The molecule has 1 amide bonds. The molecule has 0 bridgehead atoms. The number of nitrogens with one attached hydrogen (secondary N) is 1. The number of hydrogen-bond acceptors (Lipinski definition) is 2. The van der Waals surface area contributed by atoms with E-state index in [2.05, 4.69) is 5.32 Å². The molecule has 0 aromatic heterocycles. The number of rotatable bonds is 4. The summed E-state index contributed by atoms with van der Waals surface area (Å²) >= 11 is 0. The fraction of sp³-hybridized carbons (Fsp3) is 0.462. The maximum Gasteiger partial charge on any atom is 0.419 e. The van der Waals surface area contributed by atoms with Crippen LogP contribution in [0, 0.1) is 17.7 Å². The summed E-state index contributed by atoms with van der Waals surface area (Å²) in [6.07, 6.45) is -4.81. The fourth-order valence-electron chi connectivity index (χ4n) is 1.74. The molecule has 1 unspecified atom stereocenters. The third kappa shape index (κ3) is 3.93. The van der Waals surface area contributed by atoms with Gasteiger partial charge in [-0.3, -0.25) is 4.79 Å². The number of amides is 1. The van der Waals surface area contributed by atoms with Gasteiger partial charge >= 0.3 is 6.18 Å². The van der Waals surface area contributed by atoms with E-state index in [0.717, 1.165) is 6.07 Å². The minimum atomic E-state index is -4.81. The predicted molar refractivity (Wildman–Crippen MR) is 67.4 cm³/mol. The maximum absolute atomic E-state index is 13.1. The van der Waals surface area contributed by atoms with Gasteiger partial charge in [-0.15, -0.1) is 0 Å². The van der Waals surface area contributed by atoms with Gasteiger partial charge in [-0.1, -0.05) is 13.8 Å². The molecule has 0 saturated heterocycles. The minimum absolute atomic E-state index is 0.0532. The SMILES string of the molecule is CC(C)C(CN)C(=O)Nc1ccc(F)c(C(F)(F)F)c1. The summed E-state index contributed by atoms with van der Waals surface area (Å²) < 4.78 is 50.7. The lowest BCUT2D eigenvalue weighted by molar-refractivity contribution is -0.140. The van der Waals surface area contributed by atoms with Crippen LogP contribution in [-0.4, -0.2) is 12.5 Å². The van der Waals surface area contributed by atoms with Crippen LogP contribution in [-0.2, 0) is 11.0 Å². The van der Waals surface area contributed by atoms with Gasteiger partial charge in [-0.2, -0.15) is 13.2 Å². The summed E-state index contributed by atoms with van der Waals surface area (Å²) in [6.45, 7) is 3.64. The average molecular weight is 292 g/mol. The third-order valence-electron chi connectivity index (χ3n) is 2.93. The zero-order valence-electron chi connectivity index (χ0n) is 11.1. The van der Waals surface area contributed by atoms with Crippen molar-refractivity contribution >= 4 is 11.6 Å². The quantitative estimate of drug-likeness (QED) is 0.838. The van der Waals surface area contributed by atoms with E-state index in [4.69, 9.17) is 5.73 Å². The van der Waals surface area contributed by atoms with Gasteiger partial charge in [0.15, 0.2) is 0 Å². The van der Waals surface area contributed by atoms with Gasteiger partial charge in [0.25, 0.3) is 0 Å². The molecule has 0 saturated carbocycles. The van der Waals surface area contributed by atoms with Gasteiger partial charge in [-0.05, 0) is 24.1 Å². The summed E-state index contributed by atoms with van der Waals surface area (Å²) in [6, 6.07) is 2.32. The first-order valence-corrected chi connectivity index (χ1v) is 6.04. The van der Waals surface area contributed by atoms with Gasteiger partial charge < -0.3 is 11.1 Å². The summed E-state index contributed by atoms with van der Waals surface area (Å²) in [5.41, 5.74) is 3.93. The monoisotopic (exact) mass is 292 g/mol. The van der Waals surface area contributed by atoms with Crippen molar-refractivity contribution in [2.24, 2.45) is 17.6 Å². The van der Waals surface area contributed by atoms with Crippen molar-refractivity contribution in [2.45, 2.75) is 20.0 Å². The Morgan fingerprint density at radius 3 is 2.40 bits per heavy atom. The summed E-state index contributed by atoms with van der Waals surface area (Å²) in [5, 5.41) is 2.33. The van der Waals surface area contributed by atoms with Gasteiger partial charge in [-0.25, -0.2) is 4.39 Å². The molecule has 0 heterocycles. The molecule has 0 aliphatic rings. The Kier molecular flexibility index (Phi) is 5.10. The first-order chi connectivity index (χ1) is 9.16. The van der Waals surface area contributed by atoms with Gasteiger partial charge in [0.05, 0.1) is 11.5 Å². The van der Waals surface area contributed by atoms with E-state index in [9.17, 15) is 22.4 Å². The van der Waals surface area contributed by atoms with Crippen molar-refractivity contribution < 1.29 is 22.4 Å². The second-order valence-corrected chi connectivity index (χ2v) is 4.77. The smallest absolute Gasteiger partial charge is 0.330 e. The van der Waals surface area contributed by atoms with Gasteiger partial charge in [0, 0.05) is 12.2 Å². The molecule has 3 N–H and O–H groups in total. The number of carbonyl (C=O) groups excluding carboxylic acids is 1. The van der Waals surface area contributed by atoms with E-state index in [1.165, 1.54) is 0 Å². The number of nitrogens with two attached hydrogens (primary N) is 1. The number of hydrogen-bond donors (Lipinski definition) is 2. The van der Waals surface area contributed by atoms with Gasteiger partial charge in [0.1, 0.15) is 5.82 Å². The molecule has 0 spiro atoms. The zero-order valence-corrected chi connectivity index (χ0v) is 11.1. The van der Waals surface area contributed by atoms with E-state index < -0.39 is 29.4 Å². The maximum atomic E-state index is 13.1. The van der Waals surface area contributed by atoms with Crippen molar-refractivity contribution in [1.82, 2.24) is 0 Å². The molecule has 0 aliphatic heterocycles. The van der Waals surface area contributed by atoms with Crippen LogP contribution in [0.15, 0.2) is 18.2 Å². The molecule has 0 radical (unpaired) electrons. The lowest BCUT2D eigenvalue weighted by Crippen LogP contribution is -2.33. The first kappa shape index (κ1) is 16.4. The summed E-state index contributed by atoms with van der Waals surface area (Å²) in [5.74, 6) is -2.44. The Bertz CT molecular complexity index is 486. The number of alkyl halides is 3. The highest BCUT2D eigenvalue weighted by Crippen LogP contribution is 2.33. The highest BCUT2D eigenvalue weighted by Gasteiger charge is 2.34. The Morgan fingerprint density at radius 2 is 1.95 bits per heavy atom. The standard InChI is InChI=1S/C13H16F4N2O/c1-7(2)9(6-18)12(20)19-8-3-4-11(14)10(5-8)13(15,16)17/h3-5,7,9H,6,18H2,1-2H3,(H,19,20). The van der Waals surface area contributed by atoms with Crippen molar-refractivity contribution in [3.63, 3.8) is 0 Å². The number of benzene rings is 1. The molecule has 7 heteroatoms. The molecule has 1 rings (SSSR count).